The number of carbonyl (C=O) groups is 1. The summed E-state index contributed by atoms with van der Waals surface area (Å²) in [5, 5.41) is 20.5. The second-order valence-corrected chi connectivity index (χ2v) is 3.64. The Hall–Kier alpha value is -2.97. The molecule has 0 atom stereocenters. The van der Waals surface area contributed by atoms with Crippen LogP contribution in [-0.4, -0.2) is 36.3 Å². The highest BCUT2D eigenvalue weighted by Gasteiger charge is 2.11. The molecule has 0 saturated heterocycles. The molecule has 2 N–H and O–H groups in total. The number of nitrogens with zero attached hydrogens (tertiary/aromatic N) is 5. The molecule has 96 valence electrons. The molecule has 0 fully saturated rings. The minimum Gasteiger partial charge on any atom is -0.461 e. The van der Waals surface area contributed by atoms with Gasteiger partial charge < -0.3 is 9.73 Å². The lowest BCUT2D eigenvalue weighted by Crippen LogP contribution is -2.20. The van der Waals surface area contributed by atoms with Gasteiger partial charge in [-0.05, 0) is 17.3 Å². The van der Waals surface area contributed by atoms with E-state index in [0.29, 0.717) is 17.4 Å². The summed E-state index contributed by atoms with van der Waals surface area (Å²) in [6, 6.07) is 5.08. The van der Waals surface area contributed by atoms with Crippen LogP contribution in [0.2, 0.25) is 0 Å². The minimum absolute atomic E-state index is 0.0489. The molecule has 0 spiro atoms. The Bertz CT molecular complexity index is 656. The highest BCUT2D eigenvalue weighted by molar-refractivity contribution is 5.89. The van der Waals surface area contributed by atoms with E-state index in [9.17, 15) is 4.79 Å². The van der Waals surface area contributed by atoms with E-state index in [-0.39, 0.29) is 12.5 Å². The summed E-state index contributed by atoms with van der Waals surface area (Å²) >= 11 is 0. The molecule has 3 rings (SSSR count). The quantitative estimate of drug-likeness (QED) is 0.696. The second-order valence-electron chi connectivity index (χ2n) is 3.64. The van der Waals surface area contributed by atoms with Crippen LogP contribution in [0.4, 0.5) is 5.82 Å². The van der Waals surface area contributed by atoms with Crippen molar-refractivity contribution < 1.29 is 9.21 Å². The zero-order valence-electron chi connectivity index (χ0n) is 9.65. The number of aromatic amines is 1. The fourth-order valence-electron chi connectivity index (χ4n) is 1.46. The fourth-order valence-corrected chi connectivity index (χ4v) is 1.46. The Balaban J connectivity index is 1.65. The van der Waals surface area contributed by atoms with Crippen LogP contribution in [-0.2, 0) is 11.3 Å². The van der Waals surface area contributed by atoms with Gasteiger partial charge in [0.25, 0.3) is 0 Å². The van der Waals surface area contributed by atoms with Crippen LogP contribution in [0.5, 0.6) is 0 Å². The van der Waals surface area contributed by atoms with Crippen LogP contribution >= 0.6 is 0 Å². The van der Waals surface area contributed by atoms with Gasteiger partial charge in [0.05, 0.1) is 12.5 Å². The van der Waals surface area contributed by atoms with Crippen LogP contribution in [0.3, 0.4) is 0 Å². The average Bonchev–Trinajstić information content (AvgIpc) is 3.09. The molecule has 9 nitrogen and oxygen atoms in total. The molecule has 3 aromatic heterocycles. The predicted molar refractivity (Wildman–Crippen MR) is 62.7 cm³/mol. The van der Waals surface area contributed by atoms with Crippen molar-refractivity contribution >= 4 is 11.7 Å². The molecule has 0 aliphatic heterocycles. The van der Waals surface area contributed by atoms with Crippen LogP contribution in [0, 0.1) is 0 Å². The monoisotopic (exact) mass is 259 g/mol. The van der Waals surface area contributed by atoms with E-state index in [1.54, 1.807) is 24.4 Å². The van der Waals surface area contributed by atoms with E-state index in [0.717, 1.165) is 0 Å². The first-order valence-corrected chi connectivity index (χ1v) is 5.42. The summed E-state index contributed by atoms with van der Waals surface area (Å²) in [7, 11) is 0. The molecule has 0 saturated carbocycles. The summed E-state index contributed by atoms with van der Waals surface area (Å²) in [6.07, 6.45) is 3.05. The lowest BCUT2D eigenvalue weighted by molar-refractivity contribution is -0.117. The van der Waals surface area contributed by atoms with Crippen LogP contribution in [0.15, 0.2) is 35.1 Å². The first kappa shape index (κ1) is 11.1. The molecule has 19 heavy (non-hydrogen) atoms. The SMILES string of the molecule is O=C(Cn1nnc(-c2ccco2)n1)Nc1ccn[nH]1. The molecule has 0 aliphatic carbocycles. The number of hydrogen-bond donors (Lipinski definition) is 2. The number of anilines is 1. The highest BCUT2D eigenvalue weighted by Crippen LogP contribution is 2.12. The van der Waals surface area contributed by atoms with Crippen LogP contribution in [0.25, 0.3) is 11.6 Å². The molecule has 0 bridgehead atoms. The number of carbonyl (C=O) groups excluding carboxylic acids is 1. The largest absolute Gasteiger partial charge is 0.461 e. The third-order valence-electron chi connectivity index (χ3n) is 2.25. The van der Waals surface area contributed by atoms with Crippen molar-refractivity contribution in [3.05, 3.63) is 30.7 Å². The number of furan rings is 1. The van der Waals surface area contributed by atoms with Gasteiger partial charge in [0, 0.05) is 6.07 Å². The molecule has 1 amide bonds. The van der Waals surface area contributed by atoms with Gasteiger partial charge in [0.1, 0.15) is 12.4 Å². The Labute approximate surface area is 106 Å². The number of tetrazole rings is 1. The minimum atomic E-state index is -0.285. The molecule has 9 heteroatoms. The van der Waals surface area contributed by atoms with Crippen molar-refractivity contribution in [3.8, 4) is 11.6 Å². The van der Waals surface area contributed by atoms with Crippen molar-refractivity contribution in [1.29, 1.82) is 0 Å². The molecular weight excluding hydrogens is 250 g/mol. The van der Waals surface area contributed by atoms with Crippen LogP contribution in [0.1, 0.15) is 0 Å². The van der Waals surface area contributed by atoms with E-state index in [2.05, 4.69) is 30.9 Å². The first-order valence-electron chi connectivity index (χ1n) is 5.42. The number of nitrogens with one attached hydrogen (secondary N) is 2. The summed E-state index contributed by atoms with van der Waals surface area (Å²) in [4.78, 5) is 12.8. The van der Waals surface area contributed by atoms with E-state index in [1.165, 1.54) is 11.1 Å². The number of hydrogen-bond acceptors (Lipinski definition) is 6. The van der Waals surface area contributed by atoms with Gasteiger partial charge in [-0.2, -0.15) is 9.90 Å². The Kier molecular flexibility index (Phi) is 2.77. The summed E-state index contributed by atoms with van der Waals surface area (Å²) in [6.45, 7) is -0.0489. The van der Waals surface area contributed by atoms with Gasteiger partial charge in [0.15, 0.2) is 5.76 Å². The van der Waals surface area contributed by atoms with Gasteiger partial charge in [-0.15, -0.1) is 10.2 Å². The highest BCUT2D eigenvalue weighted by atomic mass is 16.3. The normalized spacial score (nSPS) is 10.5. The molecule has 0 aliphatic rings. The van der Waals surface area contributed by atoms with Crippen molar-refractivity contribution in [2.45, 2.75) is 6.54 Å². The summed E-state index contributed by atoms with van der Waals surface area (Å²) in [5.74, 6) is 1.06. The average molecular weight is 259 g/mol. The van der Waals surface area contributed by atoms with E-state index in [4.69, 9.17) is 4.42 Å². The van der Waals surface area contributed by atoms with Crippen molar-refractivity contribution in [1.82, 2.24) is 30.4 Å². The number of amides is 1. The Morgan fingerprint density at radius 1 is 1.47 bits per heavy atom. The second kappa shape index (κ2) is 4.72. The maximum absolute atomic E-state index is 11.7. The summed E-state index contributed by atoms with van der Waals surface area (Å²) in [5.41, 5.74) is 0. The van der Waals surface area contributed by atoms with Crippen molar-refractivity contribution in [2.24, 2.45) is 0 Å². The number of aromatic nitrogens is 6. The number of H-pyrrole nitrogens is 1. The van der Waals surface area contributed by atoms with Gasteiger partial charge in [0.2, 0.25) is 11.7 Å². The van der Waals surface area contributed by atoms with Gasteiger partial charge in [-0.1, -0.05) is 0 Å². The summed E-state index contributed by atoms with van der Waals surface area (Å²) < 4.78 is 5.13. The molecule has 3 heterocycles. The van der Waals surface area contributed by atoms with Gasteiger partial charge >= 0.3 is 0 Å². The molecule has 0 aromatic carbocycles. The predicted octanol–water partition coefficient (Wildman–Crippen LogP) is 0.295. The molecule has 3 aromatic rings. The van der Waals surface area contributed by atoms with Gasteiger partial charge in [-0.25, -0.2) is 0 Å². The van der Waals surface area contributed by atoms with Gasteiger partial charge in [-0.3, -0.25) is 9.89 Å². The zero-order valence-corrected chi connectivity index (χ0v) is 9.65. The van der Waals surface area contributed by atoms with Crippen molar-refractivity contribution in [2.75, 3.05) is 5.32 Å². The maximum Gasteiger partial charge on any atom is 0.249 e. The van der Waals surface area contributed by atoms with E-state index >= 15 is 0 Å². The third-order valence-corrected chi connectivity index (χ3v) is 2.25. The van der Waals surface area contributed by atoms with E-state index < -0.39 is 0 Å². The Morgan fingerprint density at radius 2 is 2.42 bits per heavy atom. The fraction of sp³-hybridized carbons (Fsp3) is 0.100. The van der Waals surface area contributed by atoms with Crippen molar-refractivity contribution in [3.63, 3.8) is 0 Å². The standard InChI is InChI=1S/C10H9N7O2/c18-9(12-8-3-4-11-13-8)6-17-15-10(14-16-17)7-2-1-5-19-7/h1-5H,6H2,(H2,11,12,13,18). The maximum atomic E-state index is 11.7. The molecule has 0 radical (unpaired) electrons. The zero-order chi connectivity index (χ0) is 13.1. The molecule has 0 unspecified atom stereocenters. The molecular formula is C10H9N7O2. The smallest absolute Gasteiger partial charge is 0.249 e. The van der Waals surface area contributed by atoms with Crippen LogP contribution < -0.4 is 5.32 Å². The number of rotatable bonds is 4. The third kappa shape index (κ3) is 2.49. The lowest BCUT2D eigenvalue weighted by Gasteiger charge is -2.00. The Morgan fingerprint density at radius 3 is 3.16 bits per heavy atom. The first-order chi connectivity index (χ1) is 9.31. The lowest BCUT2D eigenvalue weighted by atomic mass is 10.4. The van der Waals surface area contributed by atoms with E-state index in [1.807, 2.05) is 0 Å². The topological polar surface area (TPSA) is 115 Å².